The van der Waals surface area contributed by atoms with Crippen LogP contribution in [0.4, 0.5) is 5.88 Å². The molecule has 0 atom stereocenters. The van der Waals surface area contributed by atoms with E-state index in [0.29, 0.717) is 0 Å². The van der Waals surface area contributed by atoms with Crippen molar-refractivity contribution in [3.8, 4) is 0 Å². The van der Waals surface area contributed by atoms with Crippen LogP contribution in [0, 0.1) is 0 Å². The van der Waals surface area contributed by atoms with Gasteiger partial charge in [-0.2, -0.15) is 0 Å². The summed E-state index contributed by atoms with van der Waals surface area (Å²) in [6.07, 6.45) is 0. The van der Waals surface area contributed by atoms with Crippen LogP contribution in [-0.2, 0) is 0 Å². The van der Waals surface area contributed by atoms with Gasteiger partial charge in [0.2, 0.25) is 0 Å². The van der Waals surface area contributed by atoms with E-state index in [-0.39, 0.29) is 17.6 Å². The van der Waals surface area contributed by atoms with Gasteiger partial charge in [-0.05, 0) is 6.07 Å². The summed E-state index contributed by atoms with van der Waals surface area (Å²) in [4.78, 5) is 10.8. The number of amides is 1. The van der Waals surface area contributed by atoms with Gasteiger partial charge in [-0.25, -0.2) is 0 Å². The summed E-state index contributed by atoms with van der Waals surface area (Å²) in [6.45, 7) is 0. The second-order valence-corrected chi connectivity index (χ2v) is 1.78. The maximum absolute atomic E-state index is 10.8. The first-order valence-electron chi connectivity index (χ1n) is 2.81. The molecule has 1 heterocycles. The highest BCUT2D eigenvalue weighted by Gasteiger charge is 2.05. The topological polar surface area (TPSA) is 68.3 Å². The number of carbonyl (C=O) groups is 1. The van der Waals surface area contributed by atoms with Crippen molar-refractivity contribution >= 4 is 11.8 Å². The lowest BCUT2D eigenvalue weighted by Gasteiger charge is -1.91. The fourth-order valence-electron chi connectivity index (χ4n) is 0.598. The molecule has 1 rings (SSSR count). The Balaban J connectivity index is 2.85. The number of nitrogens with two attached hydrogens (primary N) is 1. The van der Waals surface area contributed by atoms with Crippen LogP contribution in [0.5, 0.6) is 0 Å². The van der Waals surface area contributed by atoms with Gasteiger partial charge in [-0.15, -0.1) is 0 Å². The van der Waals surface area contributed by atoms with Gasteiger partial charge in [0.1, 0.15) is 0 Å². The van der Waals surface area contributed by atoms with Crippen LogP contribution in [0.15, 0.2) is 16.5 Å². The van der Waals surface area contributed by atoms with Crippen molar-refractivity contribution in [3.63, 3.8) is 0 Å². The number of hydrogen-bond donors (Lipinski definition) is 2. The molecule has 3 N–H and O–H groups in total. The Labute approximate surface area is 58.0 Å². The molecule has 10 heavy (non-hydrogen) atoms. The minimum absolute atomic E-state index is 0.236. The fourth-order valence-corrected chi connectivity index (χ4v) is 0.598. The Morgan fingerprint density at radius 1 is 1.70 bits per heavy atom. The Hall–Kier alpha value is -1.45. The van der Waals surface area contributed by atoms with Crippen LogP contribution in [0.25, 0.3) is 0 Å². The number of carbonyl (C=O) groups excluding carboxylic acids is 1. The Morgan fingerprint density at radius 2 is 2.40 bits per heavy atom. The molecule has 0 spiro atoms. The molecule has 4 nitrogen and oxygen atoms in total. The molecule has 1 aromatic heterocycles. The summed E-state index contributed by atoms with van der Waals surface area (Å²) < 4.78 is 4.80. The van der Waals surface area contributed by atoms with E-state index in [1.807, 2.05) is 0 Å². The molecule has 0 aromatic carbocycles. The first-order valence-corrected chi connectivity index (χ1v) is 2.81. The van der Waals surface area contributed by atoms with Crippen molar-refractivity contribution in [1.82, 2.24) is 5.32 Å². The zero-order chi connectivity index (χ0) is 7.56. The van der Waals surface area contributed by atoms with Crippen molar-refractivity contribution in [3.05, 3.63) is 17.9 Å². The molecular weight excluding hydrogens is 132 g/mol. The van der Waals surface area contributed by atoms with E-state index in [9.17, 15) is 4.79 Å². The van der Waals surface area contributed by atoms with Crippen molar-refractivity contribution in [2.45, 2.75) is 0 Å². The minimum Gasteiger partial charge on any atom is -0.436 e. The molecule has 4 heteroatoms. The molecule has 1 aromatic rings. The molecular formula is C6H8N2O2. The molecule has 0 saturated heterocycles. The highest BCUT2D eigenvalue weighted by Crippen LogP contribution is 2.07. The summed E-state index contributed by atoms with van der Waals surface area (Å²) in [6, 6.07) is 3.05. The molecule has 54 valence electrons. The van der Waals surface area contributed by atoms with Crippen molar-refractivity contribution in [2.24, 2.45) is 0 Å². The van der Waals surface area contributed by atoms with Gasteiger partial charge >= 0.3 is 0 Å². The van der Waals surface area contributed by atoms with Gasteiger partial charge in [0.25, 0.3) is 5.91 Å². The van der Waals surface area contributed by atoms with Gasteiger partial charge < -0.3 is 15.5 Å². The van der Waals surface area contributed by atoms with Gasteiger partial charge in [-0.3, -0.25) is 4.79 Å². The zero-order valence-electron chi connectivity index (χ0n) is 5.55. The van der Waals surface area contributed by atoms with Gasteiger partial charge in [0.05, 0.1) is 0 Å². The van der Waals surface area contributed by atoms with Gasteiger partial charge in [0.15, 0.2) is 11.6 Å². The standard InChI is InChI=1S/C6H8N2O2/c1-8-6(9)4-2-3-5(7)10-4/h2-3H,7H2,1H3,(H,8,9). The largest absolute Gasteiger partial charge is 0.436 e. The van der Waals surface area contributed by atoms with E-state index in [1.165, 1.54) is 19.2 Å². The van der Waals surface area contributed by atoms with E-state index in [4.69, 9.17) is 10.2 Å². The summed E-state index contributed by atoms with van der Waals surface area (Å²) in [5.41, 5.74) is 5.22. The molecule has 0 saturated carbocycles. The van der Waals surface area contributed by atoms with Gasteiger partial charge in [0, 0.05) is 13.1 Å². The average molecular weight is 140 g/mol. The number of hydrogen-bond acceptors (Lipinski definition) is 3. The number of nitrogens with one attached hydrogen (secondary N) is 1. The second-order valence-electron chi connectivity index (χ2n) is 1.78. The number of nitrogen functional groups attached to an aromatic ring is 1. The normalized spacial score (nSPS) is 9.30. The summed E-state index contributed by atoms with van der Waals surface area (Å²) >= 11 is 0. The lowest BCUT2D eigenvalue weighted by molar-refractivity contribution is 0.0936. The second kappa shape index (κ2) is 2.43. The molecule has 0 fully saturated rings. The van der Waals surface area contributed by atoms with E-state index < -0.39 is 0 Å². The van der Waals surface area contributed by atoms with E-state index in [2.05, 4.69) is 5.32 Å². The van der Waals surface area contributed by atoms with E-state index in [0.717, 1.165) is 0 Å². The number of furan rings is 1. The third-order valence-electron chi connectivity index (χ3n) is 1.08. The third-order valence-corrected chi connectivity index (χ3v) is 1.08. The minimum atomic E-state index is -0.267. The van der Waals surface area contributed by atoms with Crippen LogP contribution in [0.2, 0.25) is 0 Å². The highest BCUT2D eigenvalue weighted by atomic mass is 16.4. The molecule has 0 aliphatic heterocycles. The summed E-state index contributed by atoms with van der Waals surface area (Å²) in [5, 5.41) is 2.41. The predicted molar refractivity (Wildman–Crippen MR) is 36.5 cm³/mol. The Kier molecular flexibility index (Phi) is 1.62. The monoisotopic (exact) mass is 140 g/mol. The van der Waals surface area contributed by atoms with Crippen LogP contribution in [-0.4, -0.2) is 13.0 Å². The predicted octanol–water partition coefficient (Wildman–Crippen LogP) is 0.221. The third kappa shape index (κ3) is 1.10. The van der Waals surface area contributed by atoms with Crippen LogP contribution >= 0.6 is 0 Å². The molecule has 0 aliphatic rings. The lowest BCUT2D eigenvalue weighted by Crippen LogP contribution is -2.16. The highest BCUT2D eigenvalue weighted by molar-refractivity contribution is 5.91. The molecule has 0 bridgehead atoms. The average Bonchev–Trinajstić information content (AvgIpc) is 2.34. The van der Waals surface area contributed by atoms with Crippen LogP contribution < -0.4 is 11.1 Å². The van der Waals surface area contributed by atoms with E-state index in [1.54, 1.807) is 0 Å². The van der Waals surface area contributed by atoms with E-state index >= 15 is 0 Å². The quantitative estimate of drug-likeness (QED) is 0.586. The first-order chi connectivity index (χ1) is 4.74. The van der Waals surface area contributed by atoms with Crippen molar-refractivity contribution in [1.29, 1.82) is 0 Å². The maximum atomic E-state index is 10.8. The van der Waals surface area contributed by atoms with Crippen molar-refractivity contribution in [2.75, 3.05) is 12.8 Å². The maximum Gasteiger partial charge on any atom is 0.286 e. The number of anilines is 1. The van der Waals surface area contributed by atoms with Crippen molar-refractivity contribution < 1.29 is 9.21 Å². The Bertz CT molecular complexity index is 242. The fraction of sp³-hybridized carbons (Fsp3) is 0.167. The smallest absolute Gasteiger partial charge is 0.286 e. The lowest BCUT2D eigenvalue weighted by atomic mass is 10.4. The Morgan fingerprint density at radius 3 is 2.80 bits per heavy atom. The SMILES string of the molecule is CNC(=O)c1ccc(N)o1. The summed E-state index contributed by atoms with van der Waals surface area (Å²) in [7, 11) is 1.53. The first kappa shape index (κ1) is 6.67. The molecule has 0 radical (unpaired) electrons. The molecule has 0 unspecified atom stereocenters. The molecule has 0 aliphatic carbocycles. The summed E-state index contributed by atoms with van der Waals surface area (Å²) in [5.74, 6) is 0.218. The molecule has 1 amide bonds. The van der Waals surface area contributed by atoms with Crippen LogP contribution in [0.3, 0.4) is 0 Å². The van der Waals surface area contributed by atoms with Gasteiger partial charge in [-0.1, -0.05) is 0 Å². The zero-order valence-corrected chi connectivity index (χ0v) is 5.55. The van der Waals surface area contributed by atoms with Crippen LogP contribution in [0.1, 0.15) is 10.6 Å². The number of rotatable bonds is 1.